The second kappa shape index (κ2) is 6.62. The van der Waals surface area contributed by atoms with Gasteiger partial charge >= 0.3 is 5.97 Å². The van der Waals surface area contributed by atoms with Gasteiger partial charge in [0.2, 0.25) is 0 Å². The molecule has 1 aromatic heterocycles. The van der Waals surface area contributed by atoms with Gasteiger partial charge < -0.3 is 9.84 Å². The van der Waals surface area contributed by atoms with Crippen LogP contribution in [0.5, 0.6) is 5.75 Å². The van der Waals surface area contributed by atoms with Crippen LogP contribution in [-0.2, 0) is 4.79 Å². The van der Waals surface area contributed by atoms with Crippen LogP contribution in [0.1, 0.15) is 13.8 Å². The van der Waals surface area contributed by atoms with Crippen molar-refractivity contribution >= 4 is 23.3 Å². The van der Waals surface area contributed by atoms with Crippen molar-refractivity contribution in [2.24, 2.45) is 5.92 Å². The maximum atomic E-state index is 11.3. The zero-order valence-corrected chi connectivity index (χ0v) is 13.2. The predicted octanol–water partition coefficient (Wildman–Crippen LogP) is 3.19. The van der Waals surface area contributed by atoms with Crippen molar-refractivity contribution in [3.8, 4) is 17.1 Å². The summed E-state index contributed by atoms with van der Waals surface area (Å²) in [5.41, 5.74) is 0.708. The number of carbonyl (C=O) groups is 1. The monoisotopic (exact) mass is 321 g/mol. The third-order valence-electron chi connectivity index (χ3n) is 2.81. The fourth-order valence-electron chi connectivity index (χ4n) is 1.88. The molecule has 22 heavy (non-hydrogen) atoms. The van der Waals surface area contributed by atoms with Crippen LogP contribution in [0.4, 0.5) is 0 Å². The first-order chi connectivity index (χ1) is 10.4. The Morgan fingerprint density at radius 1 is 1.41 bits per heavy atom. The van der Waals surface area contributed by atoms with E-state index in [1.54, 1.807) is 24.3 Å². The lowest BCUT2D eigenvalue weighted by Gasteiger charge is -2.04. The summed E-state index contributed by atoms with van der Waals surface area (Å²) in [4.78, 5) is 15.5. The van der Waals surface area contributed by atoms with Crippen LogP contribution in [-0.4, -0.2) is 33.0 Å². The van der Waals surface area contributed by atoms with Crippen LogP contribution in [0.3, 0.4) is 0 Å². The number of allylic oxidation sites excluding steroid dienone is 1. The summed E-state index contributed by atoms with van der Waals surface area (Å²) in [5.74, 6) is -0.0365. The summed E-state index contributed by atoms with van der Waals surface area (Å²) in [6.45, 7) is 3.78. The highest BCUT2D eigenvalue weighted by Gasteiger charge is 2.14. The number of halogens is 1. The minimum atomic E-state index is -1.06. The van der Waals surface area contributed by atoms with Gasteiger partial charge in [-0.15, -0.1) is 5.10 Å². The van der Waals surface area contributed by atoms with Crippen LogP contribution < -0.4 is 4.74 Å². The molecule has 0 spiro atoms. The van der Waals surface area contributed by atoms with E-state index in [-0.39, 0.29) is 11.6 Å². The molecule has 0 aliphatic rings. The Hall–Kier alpha value is -2.34. The quantitative estimate of drug-likeness (QED) is 0.856. The molecule has 0 radical (unpaired) electrons. The Morgan fingerprint density at radius 3 is 2.73 bits per heavy atom. The van der Waals surface area contributed by atoms with E-state index in [0.29, 0.717) is 22.2 Å². The number of methoxy groups -OCH3 is 1. The van der Waals surface area contributed by atoms with Crippen molar-refractivity contribution in [1.82, 2.24) is 14.8 Å². The second-order valence-corrected chi connectivity index (χ2v) is 5.43. The summed E-state index contributed by atoms with van der Waals surface area (Å²) in [5, 5.41) is 14.0. The fourth-order valence-corrected chi connectivity index (χ4v) is 2.11. The van der Waals surface area contributed by atoms with Gasteiger partial charge in [-0.25, -0.2) is 14.5 Å². The number of rotatable bonds is 5. The van der Waals surface area contributed by atoms with Crippen molar-refractivity contribution in [2.75, 3.05) is 7.11 Å². The highest BCUT2D eigenvalue weighted by Crippen LogP contribution is 2.26. The lowest BCUT2D eigenvalue weighted by atomic mass is 10.2. The summed E-state index contributed by atoms with van der Waals surface area (Å²) in [7, 11) is 1.54. The first kappa shape index (κ1) is 16.0. The van der Waals surface area contributed by atoms with Crippen molar-refractivity contribution in [3.63, 3.8) is 0 Å². The summed E-state index contributed by atoms with van der Waals surface area (Å²) >= 11 is 6.02. The van der Waals surface area contributed by atoms with E-state index in [2.05, 4.69) is 10.1 Å². The van der Waals surface area contributed by atoms with E-state index in [9.17, 15) is 9.90 Å². The van der Waals surface area contributed by atoms with E-state index in [1.165, 1.54) is 18.1 Å². The number of benzene rings is 1. The smallest absolute Gasteiger partial charge is 0.354 e. The number of ether oxygens (including phenoxy) is 1. The van der Waals surface area contributed by atoms with Crippen molar-refractivity contribution in [1.29, 1.82) is 0 Å². The Labute approximate surface area is 133 Å². The molecule has 0 bridgehead atoms. The number of hydrogen-bond donors (Lipinski definition) is 1. The lowest BCUT2D eigenvalue weighted by Crippen LogP contribution is -2.09. The number of carboxylic acids is 1. The van der Waals surface area contributed by atoms with Gasteiger partial charge in [-0.3, -0.25) is 0 Å². The minimum Gasteiger partial charge on any atom is -0.497 e. The predicted molar refractivity (Wildman–Crippen MR) is 83.8 cm³/mol. The Bertz CT molecular complexity index is 723. The van der Waals surface area contributed by atoms with Gasteiger partial charge in [-0.05, 0) is 30.2 Å². The normalized spacial score (nSPS) is 11.8. The zero-order chi connectivity index (χ0) is 16.3. The van der Waals surface area contributed by atoms with E-state index in [4.69, 9.17) is 16.3 Å². The summed E-state index contributed by atoms with van der Waals surface area (Å²) < 4.78 is 6.39. The number of aromatic nitrogens is 3. The first-order valence-electron chi connectivity index (χ1n) is 6.63. The maximum Gasteiger partial charge on any atom is 0.354 e. The molecular weight excluding hydrogens is 306 g/mol. The average molecular weight is 322 g/mol. The van der Waals surface area contributed by atoms with Gasteiger partial charge in [-0.1, -0.05) is 25.4 Å². The molecule has 1 heterocycles. The molecule has 1 aromatic carbocycles. The molecule has 116 valence electrons. The van der Waals surface area contributed by atoms with Crippen LogP contribution >= 0.6 is 11.6 Å². The van der Waals surface area contributed by atoms with Crippen molar-refractivity contribution < 1.29 is 14.6 Å². The van der Waals surface area contributed by atoms with E-state index in [1.807, 2.05) is 13.8 Å². The van der Waals surface area contributed by atoms with Gasteiger partial charge in [0.1, 0.15) is 17.8 Å². The summed E-state index contributed by atoms with van der Waals surface area (Å²) in [6.07, 6.45) is 2.98. The standard InChI is InChI=1S/C15H16ClN3O3/c1-9(2)4-13(15(20)21)19-8-17-14(18-19)10-5-11(16)7-12(6-10)22-3/h4-9H,1-3H3,(H,20,21). The molecule has 6 nitrogen and oxygen atoms in total. The summed E-state index contributed by atoms with van der Waals surface area (Å²) in [6, 6.07) is 5.10. The van der Waals surface area contributed by atoms with Gasteiger partial charge in [-0.2, -0.15) is 0 Å². The molecule has 0 saturated carbocycles. The molecule has 2 aromatic rings. The van der Waals surface area contributed by atoms with E-state index >= 15 is 0 Å². The molecule has 0 saturated heterocycles. The largest absolute Gasteiger partial charge is 0.497 e. The second-order valence-electron chi connectivity index (χ2n) is 4.99. The third kappa shape index (κ3) is 3.65. The van der Waals surface area contributed by atoms with Gasteiger partial charge in [0.15, 0.2) is 5.82 Å². The van der Waals surface area contributed by atoms with Crippen LogP contribution in [0.2, 0.25) is 5.02 Å². The highest BCUT2D eigenvalue weighted by atomic mass is 35.5. The molecule has 2 rings (SSSR count). The molecule has 0 atom stereocenters. The fraction of sp³-hybridized carbons (Fsp3) is 0.267. The first-order valence-corrected chi connectivity index (χ1v) is 7.00. The SMILES string of the molecule is COc1cc(Cl)cc(-c2ncn(C(=CC(C)C)C(=O)O)n2)c1. The lowest BCUT2D eigenvalue weighted by molar-refractivity contribution is -0.130. The van der Waals surface area contributed by atoms with E-state index < -0.39 is 5.97 Å². The van der Waals surface area contributed by atoms with Gasteiger partial charge in [0.25, 0.3) is 0 Å². The molecule has 0 amide bonds. The minimum absolute atomic E-state index is 0.0581. The highest BCUT2D eigenvalue weighted by molar-refractivity contribution is 6.31. The van der Waals surface area contributed by atoms with E-state index in [0.717, 1.165) is 0 Å². The number of carboxylic acid groups (broad SMARTS) is 1. The Balaban J connectivity index is 2.43. The molecule has 0 aliphatic heterocycles. The van der Waals surface area contributed by atoms with Crippen LogP contribution in [0, 0.1) is 5.92 Å². The number of hydrogen-bond acceptors (Lipinski definition) is 4. The van der Waals surface area contributed by atoms with Gasteiger partial charge in [0, 0.05) is 10.6 Å². The van der Waals surface area contributed by atoms with Crippen molar-refractivity contribution in [2.45, 2.75) is 13.8 Å². The molecule has 0 aliphatic carbocycles. The number of nitrogens with zero attached hydrogens (tertiary/aromatic N) is 3. The topological polar surface area (TPSA) is 77.2 Å². The molecule has 0 fully saturated rings. The molecular formula is C15H16ClN3O3. The maximum absolute atomic E-state index is 11.3. The Morgan fingerprint density at radius 2 is 2.14 bits per heavy atom. The number of aliphatic carboxylic acids is 1. The van der Waals surface area contributed by atoms with Crippen LogP contribution in [0.25, 0.3) is 17.1 Å². The Kier molecular flexibility index (Phi) is 4.82. The molecule has 7 heteroatoms. The van der Waals surface area contributed by atoms with Crippen molar-refractivity contribution in [3.05, 3.63) is 35.6 Å². The molecule has 1 N–H and O–H groups in total. The van der Waals surface area contributed by atoms with Crippen LogP contribution in [0.15, 0.2) is 30.6 Å². The average Bonchev–Trinajstić information content (AvgIpc) is 2.93. The zero-order valence-electron chi connectivity index (χ0n) is 12.4. The van der Waals surface area contributed by atoms with Gasteiger partial charge in [0.05, 0.1) is 7.11 Å². The molecule has 0 unspecified atom stereocenters. The third-order valence-corrected chi connectivity index (χ3v) is 3.03.